The van der Waals surface area contributed by atoms with Crippen molar-refractivity contribution in [2.75, 3.05) is 6.54 Å². The smallest absolute Gasteiger partial charge is 0.416 e. The lowest BCUT2D eigenvalue weighted by atomic mass is 10.1. The molecule has 1 aromatic carbocycles. The zero-order valence-electron chi connectivity index (χ0n) is 12.6. The summed E-state index contributed by atoms with van der Waals surface area (Å²) in [6, 6.07) is 3.68. The summed E-state index contributed by atoms with van der Waals surface area (Å²) in [5.41, 5.74) is 3.63. The molecule has 0 unspecified atom stereocenters. The highest BCUT2D eigenvalue weighted by molar-refractivity contribution is 5.85. The molecule has 126 valence electrons. The third-order valence-corrected chi connectivity index (χ3v) is 2.47. The Bertz CT molecular complexity index is 514. The maximum atomic E-state index is 13.1. The van der Waals surface area contributed by atoms with Crippen LogP contribution in [0.1, 0.15) is 31.9 Å². The van der Waals surface area contributed by atoms with Crippen LogP contribution in [0.2, 0.25) is 0 Å². The van der Waals surface area contributed by atoms with Crippen LogP contribution < -0.4 is 15.8 Å². The first-order valence-electron chi connectivity index (χ1n) is 6.39. The molecule has 0 aromatic heterocycles. The Morgan fingerprint density at radius 2 is 1.86 bits per heavy atom. The highest BCUT2D eigenvalue weighted by atomic mass is 35.5. The van der Waals surface area contributed by atoms with Crippen molar-refractivity contribution in [3.05, 3.63) is 29.3 Å². The largest absolute Gasteiger partial charge is 0.488 e. The molecule has 22 heavy (non-hydrogen) atoms. The van der Waals surface area contributed by atoms with E-state index in [0.29, 0.717) is 0 Å². The quantitative estimate of drug-likeness (QED) is 0.885. The van der Waals surface area contributed by atoms with Crippen LogP contribution in [0.5, 0.6) is 5.75 Å². The molecule has 0 saturated carbocycles. The van der Waals surface area contributed by atoms with Gasteiger partial charge in [-0.3, -0.25) is 4.79 Å². The summed E-state index contributed by atoms with van der Waals surface area (Å²) in [7, 11) is 0. The second kappa shape index (κ2) is 7.69. The number of hydrogen-bond acceptors (Lipinski definition) is 3. The minimum atomic E-state index is -4.53. The van der Waals surface area contributed by atoms with Crippen molar-refractivity contribution in [1.29, 1.82) is 0 Å². The van der Waals surface area contributed by atoms with Gasteiger partial charge < -0.3 is 15.8 Å². The van der Waals surface area contributed by atoms with E-state index in [-0.39, 0.29) is 36.8 Å². The first kappa shape index (κ1) is 20.5. The second-order valence-corrected chi connectivity index (χ2v) is 5.51. The first-order valence-corrected chi connectivity index (χ1v) is 6.39. The summed E-state index contributed by atoms with van der Waals surface area (Å²) < 4.78 is 44.7. The number of ether oxygens (including phenoxy) is 1. The van der Waals surface area contributed by atoms with Gasteiger partial charge in [0.15, 0.2) is 0 Å². The number of hydrogen-bond donors (Lipinski definition) is 2. The van der Waals surface area contributed by atoms with E-state index in [1.165, 1.54) is 12.1 Å². The van der Waals surface area contributed by atoms with Crippen LogP contribution in [0.15, 0.2) is 18.2 Å². The highest BCUT2D eigenvalue weighted by Gasteiger charge is 2.34. The summed E-state index contributed by atoms with van der Waals surface area (Å²) in [5, 5.41) is 2.32. The van der Waals surface area contributed by atoms with E-state index in [1.54, 1.807) is 20.8 Å². The average molecular weight is 341 g/mol. The maximum Gasteiger partial charge on any atom is 0.416 e. The molecule has 3 N–H and O–H groups in total. The van der Waals surface area contributed by atoms with E-state index in [1.807, 2.05) is 0 Å². The number of carbonyl (C=O) groups is 1. The van der Waals surface area contributed by atoms with Crippen LogP contribution in [0.4, 0.5) is 13.2 Å². The van der Waals surface area contributed by atoms with Gasteiger partial charge in [-0.2, -0.15) is 13.2 Å². The topological polar surface area (TPSA) is 64.3 Å². The summed E-state index contributed by atoms with van der Waals surface area (Å²) in [6.07, 6.45) is -4.53. The van der Waals surface area contributed by atoms with Gasteiger partial charge in [0.1, 0.15) is 11.4 Å². The van der Waals surface area contributed by atoms with Crippen molar-refractivity contribution in [2.24, 2.45) is 5.73 Å². The van der Waals surface area contributed by atoms with Gasteiger partial charge in [0, 0.05) is 6.54 Å². The predicted octanol–water partition coefficient (Wildman–Crippen LogP) is 2.88. The predicted molar refractivity (Wildman–Crippen MR) is 80.0 cm³/mol. The molecule has 4 nitrogen and oxygen atoms in total. The van der Waals surface area contributed by atoms with Gasteiger partial charge in [-0.05, 0) is 38.5 Å². The molecule has 0 atom stereocenters. The monoisotopic (exact) mass is 340 g/mol. The van der Waals surface area contributed by atoms with Crippen molar-refractivity contribution >= 4 is 18.3 Å². The number of benzene rings is 1. The standard InChI is InChI=1S/C14H19F3N2O2.ClH/c1-13(2,3)21-10-5-4-9(8-19-12(20)7-18)11(6-10)14(15,16)17;/h4-6H,7-8,18H2,1-3H3,(H,19,20);1H. The van der Waals surface area contributed by atoms with E-state index in [2.05, 4.69) is 5.32 Å². The fourth-order valence-corrected chi connectivity index (χ4v) is 1.66. The molecule has 0 radical (unpaired) electrons. The van der Waals surface area contributed by atoms with Gasteiger partial charge in [-0.25, -0.2) is 0 Å². The molecule has 1 aromatic rings. The highest BCUT2D eigenvalue weighted by Crippen LogP contribution is 2.35. The third-order valence-electron chi connectivity index (χ3n) is 2.47. The average Bonchev–Trinajstić information content (AvgIpc) is 2.33. The zero-order valence-corrected chi connectivity index (χ0v) is 13.4. The van der Waals surface area contributed by atoms with Crippen LogP contribution >= 0.6 is 12.4 Å². The van der Waals surface area contributed by atoms with E-state index in [0.717, 1.165) is 6.07 Å². The number of nitrogens with two attached hydrogens (primary N) is 1. The number of rotatable bonds is 4. The van der Waals surface area contributed by atoms with E-state index >= 15 is 0 Å². The molecule has 0 aliphatic heterocycles. The van der Waals surface area contributed by atoms with Crippen LogP contribution in [0.25, 0.3) is 0 Å². The first-order chi connectivity index (χ1) is 9.53. The minimum Gasteiger partial charge on any atom is -0.488 e. The lowest BCUT2D eigenvalue weighted by molar-refractivity contribution is -0.138. The van der Waals surface area contributed by atoms with E-state index in [4.69, 9.17) is 10.5 Å². The molecule has 8 heteroatoms. The van der Waals surface area contributed by atoms with Gasteiger partial charge in [-0.1, -0.05) is 6.07 Å². The summed E-state index contributed by atoms with van der Waals surface area (Å²) in [5.74, 6) is -0.387. The van der Waals surface area contributed by atoms with Crippen LogP contribution in [0.3, 0.4) is 0 Å². The molecule has 0 spiro atoms. The van der Waals surface area contributed by atoms with E-state index < -0.39 is 23.2 Å². The normalized spacial score (nSPS) is 11.6. The third kappa shape index (κ3) is 6.53. The van der Waals surface area contributed by atoms with Gasteiger partial charge >= 0.3 is 6.18 Å². The molecule has 1 amide bonds. The van der Waals surface area contributed by atoms with Crippen LogP contribution in [0, 0.1) is 0 Å². The molecular formula is C14H20ClF3N2O2. The molecule has 0 bridgehead atoms. The number of alkyl halides is 3. The van der Waals surface area contributed by atoms with Gasteiger partial charge in [-0.15, -0.1) is 12.4 Å². The maximum absolute atomic E-state index is 13.1. The fraction of sp³-hybridized carbons (Fsp3) is 0.500. The fourth-order valence-electron chi connectivity index (χ4n) is 1.66. The lowest BCUT2D eigenvalue weighted by Crippen LogP contribution is -2.30. The molecule has 0 aliphatic rings. The molecular weight excluding hydrogens is 321 g/mol. The molecule has 0 saturated heterocycles. The Balaban J connectivity index is 0.00000441. The van der Waals surface area contributed by atoms with Crippen molar-refractivity contribution < 1.29 is 22.7 Å². The lowest BCUT2D eigenvalue weighted by Gasteiger charge is -2.23. The van der Waals surface area contributed by atoms with Gasteiger partial charge in [0.05, 0.1) is 12.1 Å². The Labute approximate surface area is 133 Å². The molecule has 0 heterocycles. The van der Waals surface area contributed by atoms with Gasteiger partial charge in [0.2, 0.25) is 5.91 Å². The summed E-state index contributed by atoms with van der Waals surface area (Å²) in [4.78, 5) is 11.1. The Morgan fingerprint density at radius 1 is 1.27 bits per heavy atom. The van der Waals surface area contributed by atoms with Gasteiger partial charge in [0.25, 0.3) is 0 Å². The molecule has 0 fully saturated rings. The van der Waals surface area contributed by atoms with Crippen molar-refractivity contribution in [3.8, 4) is 5.75 Å². The van der Waals surface area contributed by atoms with Crippen LogP contribution in [-0.2, 0) is 17.5 Å². The summed E-state index contributed by atoms with van der Waals surface area (Å²) >= 11 is 0. The Hall–Kier alpha value is -1.47. The number of nitrogens with one attached hydrogen (secondary N) is 1. The Kier molecular flexibility index (Phi) is 7.18. The summed E-state index contributed by atoms with van der Waals surface area (Å²) in [6.45, 7) is 4.73. The van der Waals surface area contributed by atoms with Crippen molar-refractivity contribution in [1.82, 2.24) is 5.32 Å². The van der Waals surface area contributed by atoms with Crippen molar-refractivity contribution in [3.63, 3.8) is 0 Å². The van der Waals surface area contributed by atoms with Crippen molar-refractivity contribution in [2.45, 2.75) is 39.1 Å². The second-order valence-electron chi connectivity index (χ2n) is 5.51. The number of carbonyl (C=O) groups excluding carboxylic acids is 1. The Morgan fingerprint density at radius 3 is 2.32 bits per heavy atom. The van der Waals surface area contributed by atoms with Crippen LogP contribution in [-0.4, -0.2) is 18.1 Å². The number of amides is 1. The minimum absolute atomic E-state index is 0. The zero-order chi connectivity index (χ0) is 16.3. The number of halogens is 4. The molecule has 0 aliphatic carbocycles. The SMILES string of the molecule is CC(C)(C)Oc1ccc(CNC(=O)CN)c(C(F)(F)F)c1.Cl. The molecule has 1 rings (SSSR count). The van der Waals surface area contributed by atoms with E-state index in [9.17, 15) is 18.0 Å².